The van der Waals surface area contributed by atoms with E-state index < -0.39 is 5.97 Å². The zero-order valence-electron chi connectivity index (χ0n) is 16.5. The molecule has 148 valence electrons. The molecule has 1 saturated heterocycles. The molecule has 0 radical (unpaired) electrons. The van der Waals surface area contributed by atoms with Crippen LogP contribution in [0.3, 0.4) is 0 Å². The second-order valence-electron chi connectivity index (χ2n) is 7.59. The van der Waals surface area contributed by atoms with Crippen LogP contribution in [0.1, 0.15) is 37.5 Å². The molecule has 0 spiro atoms. The number of amidine groups is 1. The summed E-state index contributed by atoms with van der Waals surface area (Å²) in [6, 6.07) is 14.9. The molecule has 3 rings (SSSR count). The number of ether oxygens (including phenoxy) is 1. The van der Waals surface area contributed by atoms with Crippen LogP contribution in [-0.2, 0) is 15.0 Å². The smallest absolute Gasteiger partial charge is 0.336 e. The highest BCUT2D eigenvalue weighted by Gasteiger charge is 2.22. The zero-order chi connectivity index (χ0) is 21.0. The monoisotopic (exact) mass is 406 g/mol. The number of carbonyl (C=O) groups is 2. The van der Waals surface area contributed by atoms with Gasteiger partial charge in [0.15, 0.2) is 5.17 Å². The van der Waals surface area contributed by atoms with Crippen molar-refractivity contribution >= 4 is 41.0 Å². The predicted octanol–water partition coefficient (Wildman–Crippen LogP) is 4.74. The van der Waals surface area contributed by atoms with E-state index in [9.17, 15) is 9.59 Å². The Balaban J connectivity index is 1.59. The number of carbonyl (C=O) groups excluding carboxylic acids is 2. The molecule has 2 N–H and O–H groups in total. The van der Waals surface area contributed by atoms with Crippen molar-refractivity contribution in [3.05, 3.63) is 76.2 Å². The van der Waals surface area contributed by atoms with Crippen molar-refractivity contribution in [3.63, 3.8) is 0 Å². The average Bonchev–Trinajstić information content (AvgIpc) is 2.98. The van der Waals surface area contributed by atoms with Gasteiger partial charge in [-0.2, -0.15) is 0 Å². The minimum atomic E-state index is -0.463. The minimum absolute atomic E-state index is 0.0886. The summed E-state index contributed by atoms with van der Waals surface area (Å²) in [7, 11) is 0. The molecule has 1 amide bonds. The SMILES string of the molecule is CC(C)(C)c1ccc(/C=C/C(=O)Oc2ccc(/C=C3/SC(=N)NC3=O)cc2)cc1. The summed E-state index contributed by atoms with van der Waals surface area (Å²) in [6.07, 6.45) is 4.81. The van der Waals surface area contributed by atoms with Crippen molar-refractivity contribution in [1.82, 2.24) is 5.32 Å². The number of benzene rings is 2. The normalized spacial score (nSPS) is 15.8. The lowest BCUT2D eigenvalue weighted by Crippen LogP contribution is -2.18. The van der Waals surface area contributed by atoms with Crippen molar-refractivity contribution < 1.29 is 14.3 Å². The predicted molar refractivity (Wildman–Crippen MR) is 118 cm³/mol. The van der Waals surface area contributed by atoms with Gasteiger partial charge in [-0.3, -0.25) is 10.2 Å². The van der Waals surface area contributed by atoms with Gasteiger partial charge >= 0.3 is 5.97 Å². The number of esters is 1. The first-order chi connectivity index (χ1) is 13.7. The lowest BCUT2D eigenvalue weighted by atomic mass is 9.87. The summed E-state index contributed by atoms with van der Waals surface area (Å²) in [6.45, 7) is 6.47. The molecule has 6 heteroatoms. The molecule has 1 aliphatic rings. The van der Waals surface area contributed by atoms with E-state index in [0.717, 1.165) is 22.9 Å². The highest BCUT2D eigenvalue weighted by molar-refractivity contribution is 8.18. The van der Waals surface area contributed by atoms with Gasteiger partial charge in [-0.1, -0.05) is 57.2 Å². The van der Waals surface area contributed by atoms with Crippen molar-refractivity contribution in [2.45, 2.75) is 26.2 Å². The first-order valence-corrected chi connectivity index (χ1v) is 9.92. The third kappa shape index (κ3) is 5.68. The number of hydrogen-bond acceptors (Lipinski definition) is 5. The third-order valence-electron chi connectivity index (χ3n) is 4.25. The van der Waals surface area contributed by atoms with Gasteiger partial charge in [0.05, 0.1) is 4.91 Å². The molecule has 0 saturated carbocycles. The number of hydrogen-bond donors (Lipinski definition) is 2. The summed E-state index contributed by atoms with van der Waals surface area (Å²) in [5.41, 5.74) is 3.03. The Bertz CT molecular complexity index is 998. The van der Waals surface area contributed by atoms with E-state index in [1.165, 1.54) is 11.6 Å². The molecule has 2 aromatic carbocycles. The molecule has 1 aliphatic heterocycles. The molecule has 1 fully saturated rings. The minimum Gasteiger partial charge on any atom is -0.423 e. The van der Waals surface area contributed by atoms with Gasteiger partial charge < -0.3 is 10.1 Å². The highest BCUT2D eigenvalue weighted by Crippen LogP contribution is 2.26. The fourth-order valence-electron chi connectivity index (χ4n) is 2.63. The van der Waals surface area contributed by atoms with E-state index >= 15 is 0 Å². The van der Waals surface area contributed by atoms with Gasteiger partial charge in [-0.05, 0) is 58.2 Å². The first kappa shape index (κ1) is 20.6. The topological polar surface area (TPSA) is 79.2 Å². The first-order valence-electron chi connectivity index (χ1n) is 9.11. The van der Waals surface area contributed by atoms with Crippen molar-refractivity contribution in [1.29, 1.82) is 5.41 Å². The van der Waals surface area contributed by atoms with Crippen LogP contribution < -0.4 is 10.1 Å². The van der Waals surface area contributed by atoms with Crippen molar-refractivity contribution in [3.8, 4) is 5.75 Å². The van der Waals surface area contributed by atoms with Crippen molar-refractivity contribution in [2.24, 2.45) is 0 Å². The van der Waals surface area contributed by atoms with Crippen LogP contribution >= 0.6 is 11.8 Å². The summed E-state index contributed by atoms with van der Waals surface area (Å²) in [5, 5.41) is 9.99. The quantitative estimate of drug-likeness (QED) is 0.437. The molecular weight excluding hydrogens is 384 g/mol. The van der Waals surface area contributed by atoms with Gasteiger partial charge in [0.1, 0.15) is 5.75 Å². The van der Waals surface area contributed by atoms with Crippen LogP contribution in [-0.4, -0.2) is 17.0 Å². The molecule has 2 aromatic rings. The van der Waals surface area contributed by atoms with Crippen LogP contribution in [0.25, 0.3) is 12.2 Å². The highest BCUT2D eigenvalue weighted by atomic mass is 32.2. The van der Waals surface area contributed by atoms with Crippen LogP contribution in [0, 0.1) is 5.41 Å². The maximum absolute atomic E-state index is 12.1. The molecule has 29 heavy (non-hydrogen) atoms. The van der Waals surface area contributed by atoms with E-state index in [4.69, 9.17) is 10.1 Å². The van der Waals surface area contributed by atoms with Gasteiger partial charge in [0.2, 0.25) is 0 Å². The molecule has 5 nitrogen and oxygen atoms in total. The Hall–Kier alpha value is -3.12. The van der Waals surface area contributed by atoms with Gasteiger partial charge in [-0.25, -0.2) is 4.79 Å². The second kappa shape index (κ2) is 8.49. The van der Waals surface area contributed by atoms with Crippen LogP contribution in [0.4, 0.5) is 0 Å². The van der Waals surface area contributed by atoms with E-state index in [-0.39, 0.29) is 16.5 Å². The van der Waals surface area contributed by atoms with Crippen LogP contribution in [0.5, 0.6) is 5.75 Å². The average molecular weight is 407 g/mol. The van der Waals surface area contributed by atoms with E-state index in [0.29, 0.717) is 10.7 Å². The summed E-state index contributed by atoms with van der Waals surface area (Å²) >= 11 is 1.08. The third-order valence-corrected chi connectivity index (χ3v) is 5.08. The molecule has 0 atom stereocenters. The fourth-order valence-corrected chi connectivity index (χ4v) is 3.34. The number of amides is 1. The Labute approximate surface area is 174 Å². The molecule has 0 aromatic heterocycles. The molecule has 1 heterocycles. The van der Waals surface area contributed by atoms with Gasteiger partial charge in [0, 0.05) is 6.08 Å². The molecule has 0 bridgehead atoms. The van der Waals surface area contributed by atoms with E-state index in [2.05, 4.69) is 38.2 Å². The summed E-state index contributed by atoms with van der Waals surface area (Å²) < 4.78 is 5.31. The van der Waals surface area contributed by atoms with E-state index in [1.54, 1.807) is 36.4 Å². The van der Waals surface area contributed by atoms with E-state index in [1.807, 2.05) is 12.1 Å². The Morgan fingerprint density at radius 3 is 2.21 bits per heavy atom. The van der Waals surface area contributed by atoms with Crippen molar-refractivity contribution in [2.75, 3.05) is 0 Å². The summed E-state index contributed by atoms with van der Waals surface area (Å²) in [5.74, 6) is -0.326. The Morgan fingerprint density at radius 2 is 1.66 bits per heavy atom. The fraction of sp³-hybridized carbons (Fsp3) is 0.174. The van der Waals surface area contributed by atoms with Crippen LogP contribution in [0.2, 0.25) is 0 Å². The lowest BCUT2D eigenvalue weighted by molar-refractivity contribution is -0.128. The maximum atomic E-state index is 12.1. The second-order valence-corrected chi connectivity index (χ2v) is 8.64. The number of rotatable bonds is 4. The number of thioether (sulfide) groups is 1. The number of nitrogens with one attached hydrogen (secondary N) is 2. The van der Waals surface area contributed by atoms with Gasteiger partial charge in [0.25, 0.3) is 5.91 Å². The summed E-state index contributed by atoms with van der Waals surface area (Å²) in [4.78, 5) is 24.2. The Kier molecular flexibility index (Phi) is 6.03. The largest absolute Gasteiger partial charge is 0.423 e. The van der Waals surface area contributed by atoms with Crippen LogP contribution in [0.15, 0.2) is 59.5 Å². The van der Waals surface area contributed by atoms with Gasteiger partial charge in [-0.15, -0.1) is 0 Å². The zero-order valence-corrected chi connectivity index (χ0v) is 17.3. The molecular formula is C23H22N2O3S. The Morgan fingerprint density at radius 1 is 1.03 bits per heavy atom. The lowest BCUT2D eigenvalue weighted by Gasteiger charge is -2.18. The molecule has 0 unspecified atom stereocenters. The maximum Gasteiger partial charge on any atom is 0.336 e. The standard InChI is InChI=1S/C23H22N2O3S/c1-23(2,3)17-9-4-15(5-10-17)8-13-20(26)28-18-11-6-16(7-12-18)14-19-21(27)25-22(24)29-19/h4-14H,1-3H3,(H2,24,25,27)/b13-8+,19-14+. The molecule has 0 aliphatic carbocycles.